The van der Waals surface area contributed by atoms with E-state index in [-0.39, 0.29) is 12.1 Å². The van der Waals surface area contributed by atoms with E-state index in [0.29, 0.717) is 11.5 Å². The van der Waals surface area contributed by atoms with Crippen LogP contribution < -0.4 is 36.7 Å². The monoisotopic (exact) mass is 425 g/mol. The van der Waals surface area contributed by atoms with Crippen LogP contribution in [0.4, 0.5) is 18.9 Å². The van der Waals surface area contributed by atoms with Gasteiger partial charge in [-0.2, -0.15) is 24.2 Å². The number of methoxy groups -OCH3 is 2. The van der Waals surface area contributed by atoms with Gasteiger partial charge in [0.1, 0.15) is 11.5 Å². The summed E-state index contributed by atoms with van der Waals surface area (Å²) in [6.45, 7) is 0. The Balaban J connectivity index is 1.83. The number of alkyl halides is 3. The minimum atomic E-state index is -4.50. The van der Waals surface area contributed by atoms with Crippen LogP contribution in [0.25, 0.3) is 0 Å². The van der Waals surface area contributed by atoms with Crippen molar-refractivity contribution in [1.29, 1.82) is 0 Å². The molecule has 0 bridgehead atoms. The number of hydrazine groups is 3. The van der Waals surface area contributed by atoms with Gasteiger partial charge in [-0.05, 0) is 36.2 Å². The number of anilines is 1. The molecule has 1 atom stereocenters. The number of amides is 1. The zero-order valence-corrected chi connectivity index (χ0v) is 16.3. The highest BCUT2D eigenvalue weighted by atomic mass is 19.4. The Morgan fingerprint density at radius 1 is 1.10 bits per heavy atom. The molecule has 5 N–H and O–H groups in total. The van der Waals surface area contributed by atoms with Gasteiger partial charge in [-0.1, -0.05) is 12.1 Å². The van der Waals surface area contributed by atoms with Crippen molar-refractivity contribution in [2.45, 2.75) is 18.8 Å². The molecule has 30 heavy (non-hydrogen) atoms. The van der Waals surface area contributed by atoms with Gasteiger partial charge in [0.2, 0.25) is 5.91 Å². The normalized spacial score (nSPS) is 15.6. The van der Waals surface area contributed by atoms with Gasteiger partial charge in [0.25, 0.3) is 0 Å². The first-order valence-electron chi connectivity index (χ1n) is 9.02. The molecule has 162 valence electrons. The van der Waals surface area contributed by atoms with E-state index < -0.39 is 29.7 Å². The molecule has 2 aromatic rings. The maximum absolute atomic E-state index is 13.0. The summed E-state index contributed by atoms with van der Waals surface area (Å²) in [5.41, 5.74) is 11.0. The van der Waals surface area contributed by atoms with Crippen LogP contribution in [0.2, 0.25) is 0 Å². The average molecular weight is 425 g/mol. The molecule has 1 fully saturated rings. The SMILES string of the molecule is COc1ccc(CC(C(=O)Nc2cccc(C(F)(F)F)c2)C2NNNN2)c(OC)c1. The van der Waals surface area contributed by atoms with Crippen molar-refractivity contribution in [3.05, 3.63) is 53.6 Å². The summed E-state index contributed by atoms with van der Waals surface area (Å²) in [4.78, 5) is 13.0. The van der Waals surface area contributed by atoms with Crippen molar-refractivity contribution in [1.82, 2.24) is 21.9 Å². The molecule has 2 aromatic carbocycles. The summed E-state index contributed by atoms with van der Waals surface area (Å²) >= 11 is 0. The topological polar surface area (TPSA) is 95.7 Å². The van der Waals surface area contributed by atoms with Crippen LogP contribution in [0.15, 0.2) is 42.5 Å². The van der Waals surface area contributed by atoms with Crippen LogP contribution in [-0.4, -0.2) is 26.3 Å². The lowest BCUT2D eigenvalue weighted by molar-refractivity contribution is -0.137. The largest absolute Gasteiger partial charge is 0.497 e. The van der Waals surface area contributed by atoms with Crippen LogP contribution in [0.3, 0.4) is 0 Å². The molecular formula is C19H22F3N5O3. The van der Waals surface area contributed by atoms with Crippen molar-refractivity contribution in [2.24, 2.45) is 5.92 Å². The number of ether oxygens (including phenoxy) is 2. The molecule has 0 saturated carbocycles. The molecular weight excluding hydrogens is 403 g/mol. The molecule has 0 radical (unpaired) electrons. The second-order valence-corrected chi connectivity index (χ2v) is 6.57. The van der Waals surface area contributed by atoms with E-state index in [9.17, 15) is 18.0 Å². The third-order valence-electron chi connectivity index (χ3n) is 4.65. The lowest BCUT2D eigenvalue weighted by Crippen LogP contribution is -2.47. The highest BCUT2D eigenvalue weighted by Crippen LogP contribution is 2.31. The van der Waals surface area contributed by atoms with E-state index in [0.717, 1.165) is 17.7 Å². The van der Waals surface area contributed by atoms with E-state index in [4.69, 9.17) is 9.47 Å². The van der Waals surface area contributed by atoms with Crippen molar-refractivity contribution in [2.75, 3.05) is 19.5 Å². The number of benzene rings is 2. The average Bonchev–Trinajstić information content (AvgIpc) is 3.26. The maximum atomic E-state index is 13.0. The van der Waals surface area contributed by atoms with Crippen molar-refractivity contribution in [3.8, 4) is 11.5 Å². The Morgan fingerprint density at radius 3 is 2.47 bits per heavy atom. The Labute approximate surface area is 171 Å². The molecule has 0 aliphatic carbocycles. The molecule has 1 heterocycles. The van der Waals surface area contributed by atoms with Crippen LogP contribution in [0.1, 0.15) is 11.1 Å². The third-order valence-corrected chi connectivity index (χ3v) is 4.65. The fraction of sp³-hybridized carbons (Fsp3) is 0.316. The van der Waals surface area contributed by atoms with Gasteiger partial charge < -0.3 is 14.8 Å². The second kappa shape index (κ2) is 9.30. The number of carbonyl (C=O) groups excluding carboxylic acids is 1. The molecule has 1 unspecified atom stereocenters. The highest BCUT2D eigenvalue weighted by Gasteiger charge is 2.33. The first-order valence-corrected chi connectivity index (χ1v) is 9.02. The summed E-state index contributed by atoms with van der Waals surface area (Å²) < 4.78 is 49.5. The number of rotatable bonds is 7. The zero-order chi connectivity index (χ0) is 21.7. The molecule has 8 nitrogen and oxygen atoms in total. The fourth-order valence-corrected chi connectivity index (χ4v) is 3.09. The summed E-state index contributed by atoms with van der Waals surface area (Å²) in [7, 11) is 3.04. The third kappa shape index (κ3) is 5.19. The summed E-state index contributed by atoms with van der Waals surface area (Å²) in [5.74, 6) is -0.0433. The quantitative estimate of drug-likeness (QED) is 0.463. The molecule has 1 aliphatic heterocycles. The van der Waals surface area contributed by atoms with Crippen molar-refractivity contribution in [3.63, 3.8) is 0 Å². The Bertz CT molecular complexity index is 888. The van der Waals surface area contributed by atoms with Crippen LogP contribution in [0, 0.1) is 5.92 Å². The minimum absolute atomic E-state index is 0.0560. The second-order valence-electron chi connectivity index (χ2n) is 6.57. The van der Waals surface area contributed by atoms with Crippen LogP contribution >= 0.6 is 0 Å². The predicted octanol–water partition coefficient (Wildman–Crippen LogP) is 1.96. The molecule has 0 aromatic heterocycles. The first-order chi connectivity index (χ1) is 14.3. The highest BCUT2D eigenvalue weighted by molar-refractivity contribution is 5.93. The van der Waals surface area contributed by atoms with Gasteiger partial charge in [0.05, 0.1) is 31.9 Å². The molecule has 1 saturated heterocycles. The standard InChI is InChI=1S/C19H22F3N5O3/c1-29-14-7-6-11(16(10-14)30-2)8-15(17-24-26-27-25-17)18(28)23-13-5-3-4-12(9-13)19(20,21)22/h3-7,9-10,15,17,24-27H,8H2,1-2H3,(H,23,28). The van der Waals surface area contributed by atoms with E-state index in [1.165, 1.54) is 26.4 Å². The van der Waals surface area contributed by atoms with E-state index in [1.807, 2.05) is 0 Å². The number of halogens is 3. The number of hydrogen-bond acceptors (Lipinski definition) is 7. The summed E-state index contributed by atoms with van der Waals surface area (Å²) in [6, 6.07) is 9.71. The maximum Gasteiger partial charge on any atom is 0.416 e. The lowest BCUT2D eigenvalue weighted by atomic mass is 9.94. The fourth-order valence-electron chi connectivity index (χ4n) is 3.09. The lowest BCUT2D eigenvalue weighted by Gasteiger charge is -2.23. The van der Waals surface area contributed by atoms with Crippen LogP contribution in [0.5, 0.6) is 11.5 Å². The van der Waals surface area contributed by atoms with Gasteiger partial charge >= 0.3 is 6.18 Å². The summed E-state index contributed by atoms with van der Waals surface area (Å²) in [6.07, 6.45) is -4.80. The van der Waals surface area contributed by atoms with Gasteiger partial charge in [0, 0.05) is 11.8 Å². The molecule has 3 rings (SSSR count). The van der Waals surface area contributed by atoms with Crippen molar-refractivity contribution >= 4 is 11.6 Å². The molecule has 1 aliphatic rings. The summed E-state index contributed by atoms with van der Waals surface area (Å²) in [5, 5.41) is 2.57. The minimum Gasteiger partial charge on any atom is -0.497 e. The van der Waals surface area contributed by atoms with Gasteiger partial charge in [0.15, 0.2) is 0 Å². The Kier molecular flexibility index (Phi) is 6.77. The smallest absolute Gasteiger partial charge is 0.416 e. The van der Waals surface area contributed by atoms with Crippen molar-refractivity contribution < 1.29 is 27.4 Å². The molecule has 0 spiro atoms. The number of hydrogen-bond donors (Lipinski definition) is 5. The molecule has 11 heteroatoms. The predicted molar refractivity (Wildman–Crippen MR) is 103 cm³/mol. The Morgan fingerprint density at radius 2 is 1.83 bits per heavy atom. The van der Waals surface area contributed by atoms with Gasteiger partial charge in [-0.3, -0.25) is 4.79 Å². The van der Waals surface area contributed by atoms with E-state index >= 15 is 0 Å². The van der Waals surface area contributed by atoms with E-state index in [2.05, 4.69) is 27.2 Å². The number of carbonyl (C=O) groups is 1. The van der Waals surface area contributed by atoms with E-state index in [1.54, 1.807) is 18.2 Å². The van der Waals surface area contributed by atoms with Gasteiger partial charge in [-0.15, -0.1) is 0 Å². The number of nitrogens with one attached hydrogen (secondary N) is 5. The zero-order valence-electron chi connectivity index (χ0n) is 16.3. The molecule has 1 amide bonds. The first kappa shape index (κ1) is 21.8. The van der Waals surface area contributed by atoms with Crippen LogP contribution in [-0.2, 0) is 17.4 Å². The Hall–Kier alpha value is -2.86. The van der Waals surface area contributed by atoms with Gasteiger partial charge in [-0.25, -0.2) is 10.9 Å².